The van der Waals surface area contributed by atoms with Crippen LogP contribution >= 0.6 is 0 Å². The second kappa shape index (κ2) is 4.16. The van der Waals surface area contributed by atoms with E-state index in [4.69, 9.17) is 5.73 Å². The van der Waals surface area contributed by atoms with E-state index in [9.17, 15) is 4.79 Å². The van der Waals surface area contributed by atoms with Crippen LogP contribution in [0.25, 0.3) is 0 Å². The third-order valence-corrected chi connectivity index (χ3v) is 3.06. The number of anilines is 1. The second-order valence-corrected chi connectivity index (χ2v) is 4.85. The minimum atomic E-state index is 0.0954. The van der Waals surface area contributed by atoms with Crippen molar-refractivity contribution in [3.8, 4) is 0 Å². The van der Waals surface area contributed by atoms with Crippen molar-refractivity contribution in [2.75, 3.05) is 5.73 Å². The van der Waals surface area contributed by atoms with E-state index >= 15 is 0 Å². The molecule has 3 heteroatoms. The molecule has 2 rings (SSSR count). The first kappa shape index (κ1) is 11.0. The molecule has 0 atom stereocenters. The molecule has 1 aliphatic carbocycles. The maximum atomic E-state index is 11.6. The van der Waals surface area contributed by atoms with Gasteiger partial charge in [0, 0.05) is 17.6 Å². The Hall–Kier alpha value is -1.51. The van der Waals surface area contributed by atoms with Crippen LogP contribution < -0.4 is 11.1 Å². The molecule has 0 aliphatic heterocycles. The van der Waals surface area contributed by atoms with Gasteiger partial charge in [-0.1, -0.05) is 12.1 Å². The number of nitrogen functional groups attached to an aromatic ring is 1. The summed E-state index contributed by atoms with van der Waals surface area (Å²) in [5.41, 5.74) is 7.61. The standard InChI is InChI=1S/C13H18N2O/c1-13(8-9-13)15-12(16)7-4-10-2-5-11(14)6-3-10/h2-3,5-6H,4,7-9,14H2,1H3,(H,15,16). The van der Waals surface area contributed by atoms with Gasteiger partial charge in [-0.3, -0.25) is 4.79 Å². The molecule has 0 radical (unpaired) electrons. The number of amides is 1. The molecule has 1 fully saturated rings. The van der Waals surface area contributed by atoms with Crippen LogP contribution in [0.3, 0.4) is 0 Å². The number of carbonyl (C=O) groups is 1. The zero-order valence-electron chi connectivity index (χ0n) is 9.62. The Morgan fingerprint density at radius 2 is 2.00 bits per heavy atom. The van der Waals surface area contributed by atoms with Gasteiger partial charge < -0.3 is 11.1 Å². The number of nitrogens with one attached hydrogen (secondary N) is 1. The van der Waals surface area contributed by atoms with Gasteiger partial charge in [-0.2, -0.15) is 0 Å². The lowest BCUT2D eigenvalue weighted by Gasteiger charge is -2.11. The molecular weight excluding hydrogens is 200 g/mol. The van der Waals surface area contributed by atoms with Crippen molar-refractivity contribution >= 4 is 11.6 Å². The van der Waals surface area contributed by atoms with Gasteiger partial charge in [-0.25, -0.2) is 0 Å². The smallest absolute Gasteiger partial charge is 0.220 e. The van der Waals surface area contributed by atoms with Crippen molar-refractivity contribution in [1.82, 2.24) is 5.32 Å². The topological polar surface area (TPSA) is 55.1 Å². The molecule has 86 valence electrons. The summed E-state index contributed by atoms with van der Waals surface area (Å²) < 4.78 is 0. The number of aryl methyl sites for hydroxylation is 1. The van der Waals surface area contributed by atoms with E-state index in [0.29, 0.717) is 6.42 Å². The van der Waals surface area contributed by atoms with E-state index in [-0.39, 0.29) is 11.4 Å². The lowest BCUT2D eigenvalue weighted by Crippen LogP contribution is -2.34. The molecular formula is C13H18N2O. The Balaban J connectivity index is 1.78. The van der Waals surface area contributed by atoms with Crippen molar-refractivity contribution in [2.24, 2.45) is 0 Å². The lowest BCUT2D eigenvalue weighted by atomic mass is 10.1. The van der Waals surface area contributed by atoms with Crippen molar-refractivity contribution in [2.45, 2.75) is 38.1 Å². The van der Waals surface area contributed by atoms with Crippen molar-refractivity contribution < 1.29 is 4.79 Å². The highest BCUT2D eigenvalue weighted by molar-refractivity contribution is 5.77. The van der Waals surface area contributed by atoms with Crippen LogP contribution in [0.5, 0.6) is 0 Å². The SMILES string of the molecule is CC1(NC(=O)CCc2ccc(N)cc2)CC1. The predicted octanol–water partition coefficient (Wildman–Crippen LogP) is 1.87. The van der Waals surface area contributed by atoms with Crippen molar-refractivity contribution in [3.05, 3.63) is 29.8 Å². The first-order chi connectivity index (χ1) is 7.57. The molecule has 1 aliphatic rings. The lowest BCUT2D eigenvalue weighted by molar-refractivity contribution is -0.121. The van der Waals surface area contributed by atoms with Crippen LogP contribution in [0.15, 0.2) is 24.3 Å². The number of hydrogen-bond acceptors (Lipinski definition) is 2. The number of benzene rings is 1. The molecule has 1 aromatic rings. The van der Waals surface area contributed by atoms with E-state index in [2.05, 4.69) is 12.2 Å². The van der Waals surface area contributed by atoms with E-state index in [0.717, 1.165) is 30.5 Å². The fourth-order valence-electron chi connectivity index (χ4n) is 1.65. The Labute approximate surface area is 96.0 Å². The second-order valence-electron chi connectivity index (χ2n) is 4.85. The van der Waals surface area contributed by atoms with Crippen LogP contribution in [-0.2, 0) is 11.2 Å². The number of nitrogens with two attached hydrogens (primary N) is 1. The zero-order chi connectivity index (χ0) is 11.6. The summed E-state index contributed by atoms with van der Waals surface area (Å²) in [4.78, 5) is 11.6. The molecule has 16 heavy (non-hydrogen) atoms. The van der Waals surface area contributed by atoms with Crippen molar-refractivity contribution in [3.63, 3.8) is 0 Å². The quantitative estimate of drug-likeness (QED) is 0.758. The maximum absolute atomic E-state index is 11.6. The van der Waals surface area contributed by atoms with Gasteiger partial charge in [-0.15, -0.1) is 0 Å². The minimum absolute atomic E-state index is 0.0954. The molecule has 3 nitrogen and oxygen atoms in total. The molecule has 0 spiro atoms. The summed E-state index contributed by atoms with van der Waals surface area (Å²) in [6.45, 7) is 2.09. The highest BCUT2D eigenvalue weighted by Gasteiger charge is 2.38. The molecule has 1 aromatic carbocycles. The molecule has 0 bridgehead atoms. The number of rotatable bonds is 4. The van der Waals surface area contributed by atoms with Crippen molar-refractivity contribution in [1.29, 1.82) is 0 Å². The van der Waals surface area contributed by atoms with Gasteiger partial charge in [-0.05, 0) is 43.9 Å². The number of carbonyl (C=O) groups excluding carboxylic acids is 1. The summed E-state index contributed by atoms with van der Waals surface area (Å²) in [7, 11) is 0. The molecule has 0 aromatic heterocycles. The van der Waals surface area contributed by atoms with Gasteiger partial charge in [0.2, 0.25) is 5.91 Å². The molecule has 0 heterocycles. The normalized spacial score (nSPS) is 16.8. The first-order valence-electron chi connectivity index (χ1n) is 5.73. The fraction of sp³-hybridized carbons (Fsp3) is 0.462. The van der Waals surface area contributed by atoms with E-state index < -0.39 is 0 Å². The highest BCUT2D eigenvalue weighted by atomic mass is 16.1. The van der Waals surface area contributed by atoms with Gasteiger partial charge in [0.05, 0.1) is 0 Å². The molecule has 0 unspecified atom stereocenters. The summed E-state index contributed by atoms with van der Waals surface area (Å²) in [5.74, 6) is 0.150. The fourth-order valence-corrected chi connectivity index (χ4v) is 1.65. The van der Waals surface area contributed by atoms with Gasteiger partial charge in [0.1, 0.15) is 0 Å². The van der Waals surface area contributed by atoms with Gasteiger partial charge >= 0.3 is 0 Å². The average molecular weight is 218 g/mol. The Bertz CT molecular complexity index is 379. The Morgan fingerprint density at radius 3 is 2.56 bits per heavy atom. The average Bonchev–Trinajstić information content (AvgIpc) is 2.95. The molecule has 0 saturated heterocycles. The predicted molar refractivity (Wildman–Crippen MR) is 65.0 cm³/mol. The summed E-state index contributed by atoms with van der Waals surface area (Å²) in [5, 5.41) is 3.05. The van der Waals surface area contributed by atoms with Crippen LogP contribution in [0.4, 0.5) is 5.69 Å². The Kier molecular flexibility index (Phi) is 2.86. The van der Waals surface area contributed by atoms with Crippen LogP contribution in [0.1, 0.15) is 31.7 Å². The monoisotopic (exact) mass is 218 g/mol. The van der Waals surface area contributed by atoms with Gasteiger partial charge in [0.25, 0.3) is 0 Å². The third kappa shape index (κ3) is 2.99. The molecule has 1 saturated carbocycles. The van der Waals surface area contributed by atoms with E-state index in [1.807, 2.05) is 24.3 Å². The highest BCUT2D eigenvalue weighted by Crippen LogP contribution is 2.34. The van der Waals surface area contributed by atoms with Crippen LogP contribution in [0.2, 0.25) is 0 Å². The minimum Gasteiger partial charge on any atom is -0.399 e. The third-order valence-electron chi connectivity index (χ3n) is 3.06. The molecule has 1 amide bonds. The van der Waals surface area contributed by atoms with Gasteiger partial charge in [0.15, 0.2) is 0 Å². The summed E-state index contributed by atoms with van der Waals surface area (Å²) in [6, 6.07) is 7.69. The van der Waals surface area contributed by atoms with Crippen LogP contribution in [0, 0.1) is 0 Å². The largest absolute Gasteiger partial charge is 0.399 e. The van der Waals surface area contributed by atoms with E-state index in [1.165, 1.54) is 0 Å². The van der Waals surface area contributed by atoms with Crippen LogP contribution in [-0.4, -0.2) is 11.4 Å². The summed E-state index contributed by atoms with van der Waals surface area (Å²) in [6.07, 6.45) is 3.56. The number of hydrogen-bond donors (Lipinski definition) is 2. The Morgan fingerprint density at radius 1 is 1.38 bits per heavy atom. The first-order valence-corrected chi connectivity index (χ1v) is 5.73. The van der Waals surface area contributed by atoms with E-state index in [1.54, 1.807) is 0 Å². The summed E-state index contributed by atoms with van der Waals surface area (Å²) >= 11 is 0. The zero-order valence-corrected chi connectivity index (χ0v) is 9.62. The maximum Gasteiger partial charge on any atom is 0.220 e. The molecule has 3 N–H and O–H groups in total.